The Morgan fingerprint density at radius 2 is 1.78 bits per heavy atom. The highest BCUT2D eigenvalue weighted by Crippen LogP contribution is 2.26. The van der Waals surface area contributed by atoms with E-state index in [-0.39, 0.29) is 24.7 Å². The first-order valence-electron chi connectivity index (χ1n) is 10.8. The van der Waals surface area contributed by atoms with E-state index in [4.69, 9.17) is 20.9 Å². The second-order valence-electron chi connectivity index (χ2n) is 7.32. The highest BCUT2D eigenvalue weighted by atomic mass is 35.5. The Morgan fingerprint density at radius 1 is 1.03 bits per heavy atom. The van der Waals surface area contributed by atoms with Crippen molar-refractivity contribution in [2.75, 3.05) is 23.5 Å². The number of hydrogen-bond acceptors (Lipinski definition) is 10. The third kappa shape index (κ3) is 7.51. The van der Waals surface area contributed by atoms with Gasteiger partial charge in [0.1, 0.15) is 5.75 Å². The summed E-state index contributed by atoms with van der Waals surface area (Å²) in [4.78, 5) is 28.7. The number of benzene rings is 2. The molecule has 0 saturated heterocycles. The Labute approximate surface area is 219 Å². The molecule has 2 amide bonds. The van der Waals surface area contributed by atoms with E-state index in [9.17, 15) is 9.59 Å². The fourth-order valence-electron chi connectivity index (χ4n) is 2.92. The Hall–Kier alpha value is -3.48. The van der Waals surface area contributed by atoms with E-state index < -0.39 is 0 Å². The van der Waals surface area contributed by atoms with Crippen molar-refractivity contribution in [1.29, 1.82) is 0 Å². The van der Waals surface area contributed by atoms with Crippen LogP contribution in [0.2, 0.25) is 5.02 Å². The number of methoxy groups -OCH3 is 1. The summed E-state index contributed by atoms with van der Waals surface area (Å²) >= 11 is 8.48. The van der Waals surface area contributed by atoms with Crippen LogP contribution in [0.5, 0.6) is 5.75 Å². The van der Waals surface area contributed by atoms with Gasteiger partial charge in [-0.3, -0.25) is 9.59 Å². The van der Waals surface area contributed by atoms with Gasteiger partial charge in [-0.15, -0.1) is 10.2 Å². The van der Waals surface area contributed by atoms with Gasteiger partial charge in [-0.25, -0.2) is 0 Å². The molecule has 4 aromatic rings. The van der Waals surface area contributed by atoms with Crippen LogP contribution in [0.3, 0.4) is 0 Å². The molecule has 0 aliphatic heterocycles. The van der Waals surface area contributed by atoms with Crippen molar-refractivity contribution < 1.29 is 18.8 Å². The Bertz CT molecular complexity index is 1310. The molecule has 0 radical (unpaired) electrons. The monoisotopic (exact) mass is 544 g/mol. The second-order valence-corrected chi connectivity index (χ2v) is 10.1. The maximum Gasteiger partial charge on any atom is 0.227 e. The summed E-state index contributed by atoms with van der Waals surface area (Å²) in [6, 6.07) is 14.2. The highest BCUT2D eigenvalue weighted by Gasteiger charge is 2.13. The van der Waals surface area contributed by atoms with Crippen molar-refractivity contribution in [1.82, 2.24) is 20.3 Å². The minimum atomic E-state index is -0.241. The number of carbonyl (C=O) groups excluding carboxylic acids is 2. The fraction of sp³-hybridized carbons (Fsp3) is 0.217. The Kier molecular flexibility index (Phi) is 8.87. The molecule has 13 heteroatoms. The summed E-state index contributed by atoms with van der Waals surface area (Å²) in [5.41, 5.74) is 1.48. The number of anilines is 2. The molecule has 2 heterocycles. The molecular weight excluding hydrogens is 524 g/mol. The van der Waals surface area contributed by atoms with E-state index in [0.29, 0.717) is 44.1 Å². The van der Waals surface area contributed by atoms with Crippen LogP contribution >= 0.6 is 34.7 Å². The van der Waals surface area contributed by atoms with E-state index in [0.717, 1.165) is 11.3 Å². The van der Waals surface area contributed by atoms with Crippen LogP contribution < -0.4 is 15.4 Å². The first-order chi connectivity index (χ1) is 17.5. The largest absolute Gasteiger partial charge is 0.497 e. The van der Waals surface area contributed by atoms with Gasteiger partial charge < -0.3 is 19.9 Å². The Balaban J connectivity index is 1.17. The van der Waals surface area contributed by atoms with Gasteiger partial charge in [-0.05, 0) is 48.5 Å². The first kappa shape index (κ1) is 25.6. The van der Waals surface area contributed by atoms with Crippen molar-refractivity contribution in [3.63, 3.8) is 0 Å². The van der Waals surface area contributed by atoms with E-state index >= 15 is 0 Å². The summed E-state index contributed by atoms with van der Waals surface area (Å²) in [5, 5.41) is 18.5. The zero-order chi connectivity index (χ0) is 25.3. The third-order valence-electron chi connectivity index (χ3n) is 4.72. The van der Waals surface area contributed by atoms with Crippen LogP contribution in [0, 0.1) is 0 Å². The number of ether oxygens (including phenoxy) is 1. The molecular formula is C23H21ClN6O4S2. The third-order valence-corrected chi connectivity index (χ3v) is 6.94. The zero-order valence-electron chi connectivity index (χ0n) is 19.1. The van der Waals surface area contributed by atoms with E-state index in [1.54, 1.807) is 31.4 Å². The van der Waals surface area contributed by atoms with Crippen molar-refractivity contribution in [2.45, 2.75) is 23.6 Å². The molecule has 0 fully saturated rings. The number of halogens is 1. The number of nitrogens with zero attached hydrogens (tertiary/aromatic N) is 4. The van der Waals surface area contributed by atoms with Crippen LogP contribution in [0.15, 0.2) is 57.4 Å². The Morgan fingerprint density at radius 3 is 2.53 bits per heavy atom. The lowest BCUT2D eigenvalue weighted by molar-refractivity contribution is -0.116. The van der Waals surface area contributed by atoms with Gasteiger partial charge in [-0.2, -0.15) is 4.98 Å². The summed E-state index contributed by atoms with van der Waals surface area (Å²) in [5.74, 6) is 1.71. The molecule has 2 aromatic carbocycles. The van der Waals surface area contributed by atoms with E-state index in [1.165, 1.54) is 23.1 Å². The number of nitrogens with one attached hydrogen (secondary N) is 2. The van der Waals surface area contributed by atoms with Gasteiger partial charge in [0.25, 0.3) is 0 Å². The molecule has 0 unspecified atom stereocenters. The average molecular weight is 545 g/mol. The predicted molar refractivity (Wildman–Crippen MR) is 139 cm³/mol. The number of aryl methyl sites for hydroxylation is 1. The number of rotatable bonds is 11. The molecule has 10 nitrogen and oxygen atoms in total. The van der Waals surface area contributed by atoms with Crippen LogP contribution in [-0.2, 0) is 16.0 Å². The van der Waals surface area contributed by atoms with Gasteiger partial charge in [0.2, 0.25) is 28.7 Å². The van der Waals surface area contributed by atoms with Crippen molar-refractivity contribution in [2.24, 2.45) is 0 Å². The molecule has 0 aliphatic rings. The lowest BCUT2D eigenvalue weighted by atomic mass is 10.2. The highest BCUT2D eigenvalue weighted by molar-refractivity contribution is 8.01. The zero-order valence-corrected chi connectivity index (χ0v) is 21.5. The van der Waals surface area contributed by atoms with Gasteiger partial charge >= 0.3 is 0 Å². The van der Waals surface area contributed by atoms with Crippen LogP contribution in [0.1, 0.15) is 18.7 Å². The fourth-order valence-corrected chi connectivity index (χ4v) is 4.83. The lowest BCUT2D eigenvalue weighted by Gasteiger charge is -2.04. The van der Waals surface area contributed by atoms with Gasteiger partial charge in [0.05, 0.1) is 7.11 Å². The number of carbonyl (C=O) groups is 2. The quantitative estimate of drug-likeness (QED) is 0.199. The number of aromatic nitrogens is 4. The maximum absolute atomic E-state index is 12.3. The minimum Gasteiger partial charge on any atom is -0.497 e. The second kappa shape index (κ2) is 12.5. The molecule has 0 aliphatic carbocycles. The molecule has 0 saturated carbocycles. The van der Waals surface area contributed by atoms with Crippen molar-refractivity contribution in [3.05, 3.63) is 59.4 Å². The molecule has 2 N–H and O–H groups in total. The molecule has 0 atom stereocenters. The van der Waals surface area contributed by atoms with Crippen molar-refractivity contribution in [3.8, 4) is 17.1 Å². The summed E-state index contributed by atoms with van der Waals surface area (Å²) < 4.78 is 11.0. The standard InChI is InChI=1S/C23H21ClN6O4S2/c1-33-17-8-2-14(3-9-17)21-27-20(34-30-21)11-10-18(31)26-22-28-29-23(36-22)35-13-12-19(32)25-16-6-4-15(24)5-7-16/h2-9H,10-13H2,1H3,(H,25,32)(H,26,28,31). The first-order valence-corrected chi connectivity index (χ1v) is 12.9. The van der Waals surface area contributed by atoms with Crippen molar-refractivity contribution >= 4 is 57.3 Å². The normalized spacial score (nSPS) is 10.7. The predicted octanol–water partition coefficient (Wildman–Crippen LogP) is 4.94. The number of hydrogen-bond donors (Lipinski definition) is 2. The SMILES string of the molecule is COc1ccc(-c2noc(CCC(=O)Nc3nnc(SCCC(=O)Nc4ccc(Cl)cc4)s3)n2)cc1. The van der Waals surface area contributed by atoms with Gasteiger partial charge in [-0.1, -0.05) is 39.9 Å². The number of thioether (sulfide) groups is 1. The summed E-state index contributed by atoms with van der Waals surface area (Å²) in [6.07, 6.45) is 0.743. The van der Waals surface area contributed by atoms with Gasteiger partial charge in [0.15, 0.2) is 4.34 Å². The number of amides is 2. The molecule has 0 bridgehead atoms. The summed E-state index contributed by atoms with van der Waals surface area (Å²) in [7, 11) is 1.60. The van der Waals surface area contributed by atoms with Crippen LogP contribution in [0.4, 0.5) is 10.8 Å². The van der Waals surface area contributed by atoms with E-state index in [1.807, 2.05) is 24.3 Å². The lowest BCUT2D eigenvalue weighted by Crippen LogP contribution is -2.12. The van der Waals surface area contributed by atoms with Gasteiger partial charge in [0, 0.05) is 41.3 Å². The molecule has 186 valence electrons. The van der Waals surface area contributed by atoms with Crippen LogP contribution in [0.25, 0.3) is 11.4 Å². The molecule has 0 spiro atoms. The van der Waals surface area contributed by atoms with Crippen LogP contribution in [-0.4, -0.2) is 45.0 Å². The topological polar surface area (TPSA) is 132 Å². The molecule has 2 aromatic heterocycles. The minimum absolute atomic E-state index is 0.112. The summed E-state index contributed by atoms with van der Waals surface area (Å²) in [6.45, 7) is 0. The maximum atomic E-state index is 12.3. The smallest absolute Gasteiger partial charge is 0.227 e. The molecule has 4 rings (SSSR count). The average Bonchev–Trinajstić information content (AvgIpc) is 3.54. The molecule has 36 heavy (non-hydrogen) atoms. The van der Waals surface area contributed by atoms with E-state index in [2.05, 4.69) is 31.0 Å².